The third-order valence-corrected chi connectivity index (χ3v) is 4.81. The molecule has 0 atom stereocenters. The van der Waals surface area contributed by atoms with Crippen LogP contribution in [-0.4, -0.2) is 47.0 Å². The van der Waals surface area contributed by atoms with Crippen molar-refractivity contribution in [2.75, 3.05) is 36.4 Å². The number of piperazine rings is 1. The largest absolute Gasteiger partial charge is 0.367 e. The van der Waals surface area contributed by atoms with Gasteiger partial charge >= 0.3 is 0 Å². The van der Waals surface area contributed by atoms with Crippen LogP contribution in [0.2, 0.25) is 0 Å². The highest BCUT2D eigenvalue weighted by Gasteiger charge is 2.21. The Bertz CT molecular complexity index is 904. The van der Waals surface area contributed by atoms with E-state index in [9.17, 15) is 4.79 Å². The van der Waals surface area contributed by atoms with Crippen molar-refractivity contribution in [1.82, 2.24) is 20.3 Å². The SMILES string of the molecule is O=C(Nc1c[nH]c2ncc(Br)c(N3CCNCC3)c12)c1cccnc1. The van der Waals surface area contributed by atoms with Crippen LogP contribution in [0.1, 0.15) is 10.4 Å². The molecule has 25 heavy (non-hydrogen) atoms. The number of halogens is 1. The average Bonchev–Trinajstić information content (AvgIpc) is 3.06. The lowest BCUT2D eigenvalue weighted by Crippen LogP contribution is -2.43. The van der Waals surface area contributed by atoms with E-state index in [0.29, 0.717) is 11.3 Å². The van der Waals surface area contributed by atoms with Crippen molar-refractivity contribution >= 4 is 44.2 Å². The van der Waals surface area contributed by atoms with Crippen LogP contribution in [0.15, 0.2) is 41.4 Å². The summed E-state index contributed by atoms with van der Waals surface area (Å²) in [5.41, 5.74) is 3.03. The fraction of sp³-hybridized carbons (Fsp3) is 0.235. The average molecular weight is 401 g/mol. The first-order valence-corrected chi connectivity index (χ1v) is 8.86. The molecule has 1 aliphatic rings. The Labute approximate surface area is 153 Å². The molecule has 4 rings (SSSR count). The second-order valence-electron chi connectivity index (χ2n) is 5.81. The molecular weight excluding hydrogens is 384 g/mol. The summed E-state index contributed by atoms with van der Waals surface area (Å²) in [5.74, 6) is -0.194. The van der Waals surface area contributed by atoms with Crippen LogP contribution >= 0.6 is 15.9 Å². The van der Waals surface area contributed by atoms with Gasteiger partial charge in [-0.25, -0.2) is 4.98 Å². The molecule has 3 N–H and O–H groups in total. The maximum absolute atomic E-state index is 12.5. The minimum atomic E-state index is -0.194. The monoisotopic (exact) mass is 400 g/mol. The number of aromatic amines is 1. The van der Waals surface area contributed by atoms with Crippen LogP contribution < -0.4 is 15.5 Å². The summed E-state index contributed by atoms with van der Waals surface area (Å²) >= 11 is 3.62. The van der Waals surface area contributed by atoms with Gasteiger partial charge in [0.05, 0.1) is 26.8 Å². The zero-order chi connectivity index (χ0) is 17.2. The molecule has 0 unspecified atom stereocenters. The summed E-state index contributed by atoms with van der Waals surface area (Å²) in [4.78, 5) is 26.4. The summed E-state index contributed by atoms with van der Waals surface area (Å²) in [6.07, 6.45) is 6.77. The second-order valence-corrected chi connectivity index (χ2v) is 6.67. The highest BCUT2D eigenvalue weighted by molar-refractivity contribution is 9.10. The minimum Gasteiger partial charge on any atom is -0.367 e. The summed E-state index contributed by atoms with van der Waals surface area (Å²) in [6, 6.07) is 3.48. The predicted molar refractivity (Wildman–Crippen MR) is 101 cm³/mol. The fourth-order valence-corrected chi connectivity index (χ4v) is 3.59. The maximum atomic E-state index is 12.5. The Hall–Kier alpha value is -2.45. The topological polar surface area (TPSA) is 85.9 Å². The van der Waals surface area contributed by atoms with E-state index in [2.05, 4.69) is 46.4 Å². The van der Waals surface area contributed by atoms with Crippen LogP contribution in [0.5, 0.6) is 0 Å². The molecule has 1 amide bonds. The third-order valence-electron chi connectivity index (χ3n) is 4.23. The van der Waals surface area contributed by atoms with E-state index in [1.54, 1.807) is 36.9 Å². The van der Waals surface area contributed by atoms with E-state index in [0.717, 1.165) is 47.4 Å². The Morgan fingerprint density at radius 1 is 1.28 bits per heavy atom. The Morgan fingerprint density at radius 3 is 2.88 bits per heavy atom. The molecule has 8 heteroatoms. The van der Waals surface area contributed by atoms with Crippen molar-refractivity contribution in [1.29, 1.82) is 0 Å². The molecule has 3 aromatic rings. The Kier molecular flexibility index (Phi) is 4.37. The zero-order valence-electron chi connectivity index (χ0n) is 13.4. The van der Waals surface area contributed by atoms with Crippen molar-refractivity contribution in [2.45, 2.75) is 0 Å². The molecule has 0 saturated carbocycles. The Balaban J connectivity index is 1.74. The number of H-pyrrole nitrogens is 1. The van der Waals surface area contributed by atoms with E-state index in [-0.39, 0.29) is 5.91 Å². The van der Waals surface area contributed by atoms with E-state index >= 15 is 0 Å². The summed E-state index contributed by atoms with van der Waals surface area (Å²) in [5, 5.41) is 7.24. The predicted octanol–water partition coefficient (Wildman–Crippen LogP) is 2.38. The van der Waals surface area contributed by atoms with Gasteiger partial charge in [0.15, 0.2) is 0 Å². The summed E-state index contributed by atoms with van der Waals surface area (Å²) < 4.78 is 0.915. The fourth-order valence-electron chi connectivity index (χ4n) is 3.04. The molecule has 0 aliphatic carbocycles. The van der Waals surface area contributed by atoms with Crippen molar-refractivity contribution < 1.29 is 4.79 Å². The lowest BCUT2D eigenvalue weighted by Gasteiger charge is -2.31. The van der Waals surface area contributed by atoms with Crippen LogP contribution in [0, 0.1) is 0 Å². The van der Waals surface area contributed by atoms with Crippen LogP contribution in [0.4, 0.5) is 11.4 Å². The Morgan fingerprint density at radius 2 is 2.12 bits per heavy atom. The molecule has 0 radical (unpaired) electrons. The number of rotatable bonds is 3. The van der Waals surface area contributed by atoms with Gasteiger partial charge in [0.1, 0.15) is 5.65 Å². The number of hydrogen-bond acceptors (Lipinski definition) is 5. The molecule has 128 valence electrons. The van der Waals surface area contributed by atoms with Crippen LogP contribution in [-0.2, 0) is 0 Å². The normalized spacial score (nSPS) is 14.7. The van der Waals surface area contributed by atoms with Gasteiger partial charge in [-0.1, -0.05) is 0 Å². The second kappa shape index (κ2) is 6.81. The van der Waals surface area contributed by atoms with Crippen LogP contribution in [0.25, 0.3) is 11.0 Å². The van der Waals surface area contributed by atoms with Gasteiger partial charge in [-0.05, 0) is 28.1 Å². The van der Waals surface area contributed by atoms with Gasteiger partial charge < -0.3 is 20.5 Å². The molecule has 1 fully saturated rings. The smallest absolute Gasteiger partial charge is 0.257 e. The standard InChI is InChI=1S/C17H17BrN6O/c18-12-9-21-16-14(15(12)24-6-4-19-5-7-24)13(10-22-16)23-17(25)11-2-1-3-20-8-11/h1-3,8-10,19H,4-7H2,(H,21,22)(H,23,25). The maximum Gasteiger partial charge on any atom is 0.257 e. The third kappa shape index (κ3) is 3.10. The van der Waals surface area contributed by atoms with E-state index in [4.69, 9.17) is 0 Å². The molecule has 1 saturated heterocycles. The van der Waals surface area contributed by atoms with E-state index in [1.165, 1.54) is 0 Å². The quantitative estimate of drug-likeness (QED) is 0.628. The minimum absolute atomic E-state index is 0.194. The first-order chi connectivity index (χ1) is 12.2. The number of amides is 1. The molecular formula is C17H17BrN6O. The van der Waals surface area contributed by atoms with Gasteiger partial charge in [-0.2, -0.15) is 0 Å². The molecule has 1 aliphatic heterocycles. The van der Waals surface area contributed by atoms with Gasteiger partial charge in [-0.15, -0.1) is 0 Å². The first-order valence-electron chi connectivity index (χ1n) is 8.06. The summed E-state index contributed by atoms with van der Waals surface area (Å²) in [7, 11) is 0. The van der Waals surface area contributed by atoms with Crippen molar-refractivity contribution in [2.24, 2.45) is 0 Å². The number of hydrogen-bond donors (Lipinski definition) is 3. The van der Waals surface area contributed by atoms with E-state index in [1.807, 2.05) is 0 Å². The van der Waals surface area contributed by atoms with Crippen molar-refractivity contribution in [3.63, 3.8) is 0 Å². The van der Waals surface area contributed by atoms with E-state index < -0.39 is 0 Å². The number of pyridine rings is 2. The lowest BCUT2D eigenvalue weighted by molar-refractivity contribution is 0.102. The number of carbonyl (C=O) groups excluding carboxylic acids is 1. The van der Waals surface area contributed by atoms with Crippen molar-refractivity contribution in [3.05, 3.63) is 47.0 Å². The molecule has 7 nitrogen and oxygen atoms in total. The van der Waals surface area contributed by atoms with Gasteiger partial charge in [0.25, 0.3) is 5.91 Å². The number of aromatic nitrogens is 3. The number of fused-ring (bicyclic) bond motifs is 1. The molecule has 0 aromatic carbocycles. The molecule has 0 bridgehead atoms. The van der Waals surface area contributed by atoms with Crippen LogP contribution in [0.3, 0.4) is 0 Å². The number of nitrogens with zero attached hydrogens (tertiary/aromatic N) is 3. The number of anilines is 2. The molecule has 3 aromatic heterocycles. The summed E-state index contributed by atoms with van der Waals surface area (Å²) in [6.45, 7) is 3.66. The zero-order valence-corrected chi connectivity index (χ0v) is 15.0. The number of nitrogens with one attached hydrogen (secondary N) is 3. The van der Waals surface area contributed by atoms with Gasteiger partial charge in [0.2, 0.25) is 0 Å². The highest BCUT2D eigenvalue weighted by atomic mass is 79.9. The number of carbonyl (C=O) groups is 1. The highest BCUT2D eigenvalue weighted by Crippen LogP contribution is 2.38. The molecule has 0 spiro atoms. The lowest BCUT2D eigenvalue weighted by atomic mass is 10.2. The van der Waals surface area contributed by atoms with Crippen molar-refractivity contribution in [3.8, 4) is 0 Å². The van der Waals surface area contributed by atoms with Gasteiger partial charge in [0, 0.05) is 51.0 Å². The van der Waals surface area contributed by atoms with Gasteiger partial charge in [-0.3, -0.25) is 9.78 Å². The molecule has 4 heterocycles. The first kappa shape index (κ1) is 16.0.